The van der Waals surface area contributed by atoms with E-state index in [0.29, 0.717) is 11.3 Å². The molecule has 2 rings (SSSR count). The first-order chi connectivity index (χ1) is 10.5. The molecule has 1 unspecified atom stereocenters. The largest absolute Gasteiger partial charge is 0.386 e. The Morgan fingerprint density at radius 2 is 2.05 bits per heavy atom. The summed E-state index contributed by atoms with van der Waals surface area (Å²) in [6.45, 7) is -1.07. The lowest BCUT2D eigenvalue weighted by Gasteiger charge is -2.22. The van der Waals surface area contributed by atoms with Gasteiger partial charge in [-0.2, -0.15) is 0 Å². The Hall–Kier alpha value is -1.99. The average Bonchev–Trinajstić information content (AvgIpc) is 3.06. The number of nitrogens with zero attached hydrogens (tertiary/aromatic N) is 1. The molecular formula is C14H13ClF2N2O3. The van der Waals surface area contributed by atoms with E-state index in [1.807, 2.05) is 5.32 Å². The van der Waals surface area contributed by atoms with Crippen LogP contribution in [0.5, 0.6) is 0 Å². The summed E-state index contributed by atoms with van der Waals surface area (Å²) in [5, 5.41) is 15.7. The van der Waals surface area contributed by atoms with Gasteiger partial charge in [0.1, 0.15) is 12.8 Å². The van der Waals surface area contributed by atoms with Gasteiger partial charge in [-0.15, -0.1) is 0 Å². The first kappa shape index (κ1) is 16.4. The van der Waals surface area contributed by atoms with Crippen LogP contribution < -0.4 is 5.32 Å². The number of carbonyl (C=O) groups is 1. The van der Waals surface area contributed by atoms with Gasteiger partial charge in [0.2, 0.25) is 0 Å². The van der Waals surface area contributed by atoms with Gasteiger partial charge in [0.05, 0.1) is 12.2 Å². The van der Waals surface area contributed by atoms with Gasteiger partial charge in [-0.25, -0.2) is 8.78 Å². The fourth-order valence-electron chi connectivity index (χ4n) is 1.89. The number of aromatic nitrogens is 1. The summed E-state index contributed by atoms with van der Waals surface area (Å²) < 4.78 is 30.5. The van der Waals surface area contributed by atoms with E-state index < -0.39 is 30.4 Å². The van der Waals surface area contributed by atoms with E-state index in [4.69, 9.17) is 16.1 Å². The van der Waals surface area contributed by atoms with Gasteiger partial charge in [-0.3, -0.25) is 4.79 Å². The molecule has 0 saturated heterocycles. The molecule has 0 saturated carbocycles. The fourth-order valence-corrected chi connectivity index (χ4v) is 1.95. The second kappa shape index (κ2) is 7.33. The van der Waals surface area contributed by atoms with Crippen LogP contribution in [0.25, 0.3) is 11.3 Å². The maximum atomic E-state index is 13.0. The minimum absolute atomic E-state index is 0.358. The van der Waals surface area contributed by atoms with Crippen molar-refractivity contribution in [2.75, 3.05) is 6.67 Å². The first-order valence-electron chi connectivity index (χ1n) is 6.36. The van der Waals surface area contributed by atoms with Crippen LogP contribution in [-0.4, -0.2) is 34.5 Å². The van der Waals surface area contributed by atoms with Crippen molar-refractivity contribution in [3.63, 3.8) is 0 Å². The predicted molar refractivity (Wildman–Crippen MR) is 75.6 cm³/mol. The molecule has 0 aliphatic heterocycles. The van der Waals surface area contributed by atoms with Crippen molar-refractivity contribution in [1.82, 2.24) is 10.5 Å². The van der Waals surface area contributed by atoms with Crippen molar-refractivity contribution in [1.29, 1.82) is 0 Å². The van der Waals surface area contributed by atoms with Crippen LogP contribution >= 0.6 is 11.6 Å². The number of rotatable bonds is 6. The molecule has 0 bridgehead atoms. The molecule has 1 amide bonds. The molecule has 3 atom stereocenters. The number of hydrogen-bond acceptors (Lipinski definition) is 4. The van der Waals surface area contributed by atoms with Crippen molar-refractivity contribution in [3.8, 4) is 11.3 Å². The van der Waals surface area contributed by atoms with Crippen molar-refractivity contribution in [2.45, 2.75) is 17.8 Å². The molecule has 0 spiro atoms. The van der Waals surface area contributed by atoms with Gasteiger partial charge in [0.15, 0.2) is 5.76 Å². The summed E-state index contributed by atoms with van der Waals surface area (Å²) in [7, 11) is 0. The molecule has 0 aliphatic rings. The molecule has 0 radical (unpaired) electrons. The molecular weight excluding hydrogens is 318 g/mol. The molecule has 118 valence electrons. The van der Waals surface area contributed by atoms with Gasteiger partial charge < -0.3 is 14.9 Å². The Morgan fingerprint density at radius 1 is 1.36 bits per heavy atom. The molecule has 1 aromatic carbocycles. The number of aliphatic hydroxyl groups excluding tert-OH is 1. The lowest BCUT2D eigenvalue weighted by molar-refractivity contribution is -0.125. The monoisotopic (exact) mass is 330 g/mol. The molecule has 0 fully saturated rings. The number of nitrogens with one attached hydrogen (secondary N) is 1. The zero-order valence-corrected chi connectivity index (χ0v) is 12.0. The zero-order chi connectivity index (χ0) is 16.1. The third kappa shape index (κ3) is 3.80. The highest BCUT2D eigenvalue weighted by molar-refractivity contribution is 6.29. The molecule has 8 heteroatoms. The van der Waals surface area contributed by atoms with E-state index in [-0.39, 0.29) is 0 Å². The van der Waals surface area contributed by atoms with Crippen molar-refractivity contribution in [2.24, 2.45) is 0 Å². The van der Waals surface area contributed by atoms with Crippen LogP contribution in [0.2, 0.25) is 0 Å². The summed E-state index contributed by atoms with van der Waals surface area (Å²) in [5.41, 5.74) is -1.22. The lowest BCUT2D eigenvalue weighted by Crippen LogP contribution is -2.43. The lowest BCUT2D eigenvalue weighted by atomic mass is 10.0. The summed E-state index contributed by atoms with van der Waals surface area (Å²) in [6.07, 6.45) is 0.153. The van der Waals surface area contributed by atoms with Crippen molar-refractivity contribution >= 4 is 17.5 Å². The topological polar surface area (TPSA) is 75.4 Å². The van der Waals surface area contributed by atoms with E-state index in [2.05, 4.69) is 5.16 Å². The number of carbonyl (C=O) groups excluding carboxylic acids is 1. The van der Waals surface area contributed by atoms with E-state index >= 15 is 0 Å². The smallest absolute Gasteiger partial charge is 0.270 e. The Bertz CT molecular complexity index is 605. The van der Waals surface area contributed by atoms with Crippen LogP contribution in [0.15, 0.2) is 41.1 Å². The Balaban J connectivity index is 2.10. The predicted octanol–water partition coefficient (Wildman–Crippen LogP) is 2.36. The van der Waals surface area contributed by atoms with E-state index in [1.54, 1.807) is 30.3 Å². The van der Waals surface area contributed by atoms with Gasteiger partial charge in [0, 0.05) is 11.6 Å². The molecule has 2 N–H and O–H groups in total. The van der Waals surface area contributed by atoms with Crippen LogP contribution in [0.1, 0.15) is 11.7 Å². The average molecular weight is 331 g/mol. The van der Waals surface area contributed by atoms with Crippen LogP contribution in [0.4, 0.5) is 8.78 Å². The minimum atomic E-state index is -2.30. The molecule has 0 aliphatic carbocycles. The normalized spacial score (nSPS) is 15.1. The highest BCUT2D eigenvalue weighted by Crippen LogP contribution is 2.23. The minimum Gasteiger partial charge on any atom is -0.386 e. The molecule has 1 heterocycles. The Labute approximate surface area is 129 Å². The SMILES string of the molecule is O=C(N[C@H](CF)[C@H](O)c1ccc(-c2ccno2)cc1)C(F)Cl. The van der Waals surface area contributed by atoms with Crippen molar-refractivity contribution in [3.05, 3.63) is 42.1 Å². The maximum absolute atomic E-state index is 13.0. The van der Waals surface area contributed by atoms with Crippen LogP contribution in [0, 0.1) is 0 Å². The molecule has 22 heavy (non-hydrogen) atoms. The zero-order valence-electron chi connectivity index (χ0n) is 11.2. The van der Waals surface area contributed by atoms with E-state index in [1.165, 1.54) is 6.20 Å². The third-order valence-electron chi connectivity index (χ3n) is 3.05. The number of hydrogen-bond donors (Lipinski definition) is 2. The maximum Gasteiger partial charge on any atom is 0.270 e. The van der Waals surface area contributed by atoms with Gasteiger partial charge >= 0.3 is 0 Å². The van der Waals surface area contributed by atoms with Gasteiger partial charge in [0.25, 0.3) is 11.5 Å². The number of benzene rings is 1. The fraction of sp³-hybridized carbons (Fsp3) is 0.286. The summed E-state index contributed by atoms with van der Waals surface area (Å²) in [6, 6.07) is 6.76. The highest BCUT2D eigenvalue weighted by Gasteiger charge is 2.25. The van der Waals surface area contributed by atoms with E-state index in [0.717, 1.165) is 5.56 Å². The van der Waals surface area contributed by atoms with E-state index in [9.17, 15) is 18.7 Å². The highest BCUT2D eigenvalue weighted by atomic mass is 35.5. The van der Waals surface area contributed by atoms with Crippen LogP contribution in [-0.2, 0) is 4.79 Å². The number of amides is 1. The third-order valence-corrected chi connectivity index (χ3v) is 3.25. The quantitative estimate of drug-likeness (QED) is 0.797. The Morgan fingerprint density at radius 3 is 2.55 bits per heavy atom. The molecule has 1 aromatic heterocycles. The summed E-state index contributed by atoms with van der Waals surface area (Å²) >= 11 is 4.96. The Kier molecular flexibility index (Phi) is 5.46. The standard InChI is InChI=1S/C14H13ClF2N2O3/c15-13(17)14(21)19-10(7-16)12(20)9-3-1-8(2-4-9)11-5-6-18-22-11/h1-6,10,12-13,20H,7H2,(H,19,21)/t10-,12-,13?/m1/s1. The second-order valence-corrected chi connectivity index (χ2v) is 4.90. The first-order valence-corrected chi connectivity index (χ1v) is 6.80. The van der Waals surface area contributed by atoms with Gasteiger partial charge in [-0.05, 0) is 5.56 Å². The second-order valence-electron chi connectivity index (χ2n) is 4.51. The summed E-state index contributed by atoms with van der Waals surface area (Å²) in [4.78, 5) is 11.1. The van der Waals surface area contributed by atoms with Crippen molar-refractivity contribution < 1.29 is 23.2 Å². The number of aliphatic hydroxyl groups is 1. The number of alkyl halides is 3. The van der Waals surface area contributed by atoms with Gasteiger partial charge in [-0.1, -0.05) is 41.0 Å². The molecule has 2 aromatic rings. The number of halogens is 3. The van der Waals surface area contributed by atoms with Crippen LogP contribution in [0.3, 0.4) is 0 Å². The summed E-state index contributed by atoms with van der Waals surface area (Å²) in [5.74, 6) is -0.652. The molecule has 5 nitrogen and oxygen atoms in total.